The Morgan fingerprint density at radius 3 is 2.79 bits per heavy atom. The van der Waals surface area contributed by atoms with Crippen molar-refractivity contribution in [3.8, 4) is 11.5 Å². The highest BCUT2D eigenvalue weighted by Crippen LogP contribution is 2.44. The summed E-state index contributed by atoms with van der Waals surface area (Å²) in [6.45, 7) is 0. The molecule has 0 aliphatic heterocycles. The fourth-order valence-electron chi connectivity index (χ4n) is 3.59. The van der Waals surface area contributed by atoms with Crippen molar-refractivity contribution in [1.29, 1.82) is 0 Å². The summed E-state index contributed by atoms with van der Waals surface area (Å²) >= 11 is 6.49. The number of hydrogen-bond donors (Lipinski definition) is 0. The van der Waals surface area contributed by atoms with Crippen molar-refractivity contribution >= 4 is 22.5 Å². The van der Waals surface area contributed by atoms with Crippen LogP contribution in [0.3, 0.4) is 0 Å². The lowest BCUT2D eigenvalue weighted by atomic mass is 9.94. The van der Waals surface area contributed by atoms with Gasteiger partial charge in [0.15, 0.2) is 0 Å². The Morgan fingerprint density at radius 2 is 2.00 bits per heavy atom. The van der Waals surface area contributed by atoms with Gasteiger partial charge < -0.3 is 9.47 Å². The fourth-order valence-corrected chi connectivity index (χ4v) is 3.91. The van der Waals surface area contributed by atoms with E-state index < -0.39 is 0 Å². The summed E-state index contributed by atoms with van der Waals surface area (Å²) in [6.07, 6.45) is 3.60. The van der Waals surface area contributed by atoms with Gasteiger partial charge in [0, 0.05) is 22.4 Å². The number of aromatic nitrogens is 2. The molecule has 122 valence electrons. The number of ether oxygens (including phenoxy) is 2. The Balaban J connectivity index is 1.96. The van der Waals surface area contributed by atoms with Crippen molar-refractivity contribution < 1.29 is 9.47 Å². The molecule has 24 heavy (non-hydrogen) atoms. The van der Waals surface area contributed by atoms with Crippen LogP contribution < -0.4 is 9.47 Å². The second-order valence-corrected chi connectivity index (χ2v) is 6.30. The number of hydrogen-bond acceptors (Lipinski definition) is 4. The summed E-state index contributed by atoms with van der Waals surface area (Å²) < 4.78 is 10.9. The standard InChI is InChI=1S/C19H17ClN2O2/c1-23-12-8-14-18(21-10-22-19(14)16(9-12)24-2)13-7-6-11-4-3-5-15(20)17(11)13/h3-5,8-10,13H,6-7H2,1-2H3. The van der Waals surface area contributed by atoms with Gasteiger partial charge in [-0.25, -0.2) is 9.97 Å². The summed E-state index contributed by atoms with van der Waals surface area (Å²) in [5.41, 5.74) is 4.25. The summed E-state index contributed by atoms with van der Waals surface area (Å²) in [5.74, 6) is 1.58. The van der Waals surface area contributed by atoms with Crippen LogP contribution in [0.25, 0.3) is 10.9 Å². The van der Waals surface area contributed by atoms with E-state index in [-0.39, 0.29) is 5.92 Å². The molecule has 2 aromatic carbocycles. The molecule has 3 aromatic rings. The quantitative estimate of drug-likeness (QED) is 0.709. The molecule has 1 heterocycles. The number of methoxy groups -OCH3 is 2. The third-order valence-electron chi connectivity index (χ3n) is 4.69. The molecule has 0 N–H and O–H groups in total. The molecular formula is C19H17ClN2O2. The summed E-state index contributed by atoms with van der Waals surface area (Å²) in [7, 11) is 3.28. The van der Waals surface area contributed by atoms with Crippen LogP contribution in [-0.2, 0) is 6.42 Å². The van der Waals surface area contributed by atoms with Crippen molar-refractivity contribution in [1.82, 2.24) is 9.97 Å². The van der Waals surface area contributed by atoms with Crippen LogP contribution in [-0.4, -0.2) is 24.2 Å². The van der Waals surface area contributed by atoms with Gasteiger partial charge in [-0.1, -0.05) is 23.7 Å². The molecule has 1 aromatic heterocycles. The van der Waals surface area contributed by atoms with Crippen LogP contribution in [0.1, 0.15) is 29.2 Å². The number of fused-ring (bicyclic) bond motifs is 2. The first-order chi connectivity index (χ1) is 11.7. The Hall–Kier alpha value is -2.33. The summed E-state index contributed by atoms with van der Waals surface area (Å²) in [4.78, 5) is 9.01. The van der Waals surface area contributed by atoms with Gasteiger partial charge in [0.05, 0.1) is 19.9 Å². The zero-order valence-corrected chi connectivity index (χ0v) is 14.3. The molecule has 1 aliphatic rings. The molecule has 5 heteroatoms. The van der Waals surface area contributed by atoms with Gasteiger partial charge >= 0.3 is 0 Å². The third kappa shape index (κ3) is 2.29. The van der Waals surface area contributed by atoms with Crippen LogP contribution in [0, 0.1) is 0 Å². The van der Waals surface area contributed by atoms with Gasteiger partial charge in [0.25, 0.3) is 0 Å². The average Bonchev–Trinajstić information content (AvgIpc) is 3.05. The second-order valence-electron chi connectivity index (χ2n) is 5.89. The number of aryl methyl sites for hydroxylation is 1. The lowest BCUT2D eigenvalue weighted by molar-refractivity contribution is 0.397. The number of rotatable bonds is 3. The molecule has 4 nitrogen and oxygen atoms in total. The van der Waals surface area contributed by atoms with Gasteiger partial charge in [-0.15, -0.1) is 0 Å². The Labute approximate surface area is 145 Å². The smallest absolute Gasteiger partial charge is 0.148 e. The van der Waals surface area contributed by atoms with Crippen molar-refractivity contribution in [3.05, 3.63) is 58.5 Å². The van der Waals surface area contributed by atoms with Gasteiger partial charge in [-0.05, 0) is 36.1 Å². The van der Waals surface area contributed by atoms with E-state index in [1.54, 1.807) is 20.5 Å². The zero-order valence-electron chi connectivity index (χ0n) is 13.5. The maximum absolute atomic E-state index is 6.49. The number of nitrogens with zero attached hydrogens (tertiary/aromatic N) is 2. The van der Waals surface area contributed by atoms with Gasteiger partial charge in [-0.3, -0.25) is 0 Å². The molecule has 0 saturated heterocycles. The average molecular weight is 341 g/mol. The largest absolute Gasteiger partial charge is 0.497 e. The van der Waals surface area contributed by atoms with E-state index in [1.807, 2.05) is 24.3 Å². The molecule has 0 saturated carbocycles. The van der Waals surface area contributed by atoms with Crippen molar-refractivity contribution in [2.24, 2.45) is 0 Å². The molecule has 0 bridgehead atoms. The minimum atomic E-state index is 0.163. The fraction of sp³-hybridized carbons (Fsp3) is 0.263. The highest BCUT2D eigenvalue weighted by Gasteiger charge is 2.29. The van der Waals surface area contributed by atoms with Crippen molar-refractivity contribution in [2.75, 3.05) is 14.2 Å². The van der Waals surface area contributed by atoms with Crippen molar-refractivity contribution in [2.45, 2.75) is 18.8 Å². The molecule has 1 aliphatic carbocycles. The van der Waals surface area contributed by atoms with Crippen molar-refractivity contribution in [3.63, 3.8) is 0 Å². The minimum absolute atomic E-state index is 0.163. The molecule has 1 atom stereocenters. The first-order valence-electron chi connectivity index (χ1n) is 7.87. The Bertz CT molecular complexity index is 927. The molecule has 0 radical (unpaired) electrons. The van der Waals surface area contributed by atoms with E-state index in [9.17, 15) is 0 Å². The molecular weight excluding hydrogens is 324 g/mol. The Kier molecular flexibility index (Phi) is 3.77. The third-order valence-corrected chi connectivity index (χ3v) is 5.02. The maximum Gasteiger partial charge on any atom is 0.148 e. The molecule has 0 spiro atoms. The minimum Gasteiger partial charge on any atom is -0.497 e. The molecule has 4 rings (SSSR count). The van der Waals surface area contributed by atoms with E-state index >= 15 is 0 Å². The van der Waals surface area contributed by atoms with Crippen LogP contribution in [0.15, 0.2) is 36.7 Å². The van der Waals surface area contributed by atoms with Gasteiger partial charge in [0.2, 0.25) is 0 Å². The topological polar surface area (TPSA) is 44.2 Å². The van der Waals surface area contributed by atoms with Crippen LogP contribution >= 0.6 is 11.6 Å². The monoisotopic (exact) mass is 340 g/mol. The SMILES string of the molecule is COc1cc(OC)c2ncnc(C3CCc4cccc(Cl)c43)c2c1. The summed E-state index contributed by atoms with van der Waals surface area (Å²) in [6, 6.07) is 9.92. The summed E-state index contributed by atoms with van der Waals surface area (Å²) in [5, 5.41) is 1.75. The van der Waals surface area contributed by atoms with Crippen LogP contribution in [0.2, 0.25) is 5.02 Å². The first-order valence-corrected chi connectivity index (χ1v) is 8.24. The molecule has 1 unspecified atom stereocenters. The lowest BCUT2D eigenvalue weighted by Crippen LogP contribution is -2.03. The highest BCUT2D eigenvalue weighted by molar-refractivity contribution is 6.31. The lowest BCUT2D eigenvalue weighted by Gasteiger charge is -2.16. The first kappa shape index (κ1) is 15.2. The normalized spacial score (nSPS) is 16.2. The van der Waals surface area contributed by atoms with E-state index in [0.717, 1.165) is 40.2 Å². The number of benzene rings is 2. The van der Waals surface area contributed by atoms with Gasteiger partial charge in [0.1, 0.15) is 23.3 Å². The van der Waals surface area contributed by atoms with Gasteiger partial charge in [-0.2, -0.15) is 0 Å². The number of halogens is 1. The molecule has 0 amide bonds. The second kappa shape index (κ2) is 5.95. The van der Waals surface area contributed by atoms with E-state index in [4.69, 9.17) is 21.1 Å². The van der Waals surface area contributed by atoms with E-state index in [1.165, 1.54) is 11.1 Å². The van der Waals surface area contributed by atoms with E-state index in [0.29, 0.717) is 5.75 Å². The molecule has 0 fully saturated rings. The van der Waals surface area contributed by atoms with E-state index in [2.05, 4.69) is 16.0 Å². The maximum atomic E-state index is 6.49. The predicted octanol–water partition coefficient (Wildman–Crippen LogP) is 4.38. The zero-order chi connectivity index (χ0) is 16.7. The highest BCUT2D eigenvalue weighted by atomic mass is 35.5. The van der Waals surface area contributed by atoms with Crippen LogP contribution in [0.4, 0.5) is 0 Å². The van der Waals surface area contributed by atoms with Crippen LogP contribution in [0.5, 0.6) is 11.5 Å². The Morgan fingerprint density at radius 1 is 1.12 bits per heavy atom. The predicted molar refractivity (Wildman–Crippen MR) is 94.3 cm³/mol.